The summed E-state index contributed by atoms with van der Waals surface area (Å²) in [7, 11) is -1.79. The van der Waals surface area contributed by atoms with E-state index in [0.29, 0.717) is 35.9 Å². The highest BCUT2D eigenvalue weighted by molar-refractivity contribution is 7.92. The lowest BCUT2D eigenvalue weighted by molar-refractivity contribution is 0.0115. The van der Waals surface area contributed by atoms with Crippen LogP contribution in [0.4, 0.5) is 23.0 Å². The van der Waals surface area contributed by atoms with Gasteiger partial charge in [-0.2, -0.15) is 0 Å². The summed E-state index contributed by atoms with van der Waals surface area (Å²) < 4.78 is 40.4. The van der Waals surface area contributed by atoms with E-state index in [1.54, 1.807) is 13.3 Å². The van der Waals surface area contributed by atoms with Gasteiger partial charge in [0, 0.05) is 56.1 Å². The van der Waals surface area contributed by atoms with Gasteiger partial charge >= 0.3 is 0 Å². The molecule has 1 N–H and O–H groups in total. The standard InChI is InChI=1S/C33H41N7O4S/c1-43-32-21-26(37-15-13-25(14-16-37)38-17-19-44-20-18-38)9-11-29(32)35-33-34-22-27-10-12-31(40(27)36-33)28-5-3-4-6-30(28)39(45(2,41)42)23-24-7-8-24/h3-6,9-12,21-22,24-25H,7-8,13-20,23H2,1-2H3,(H,35,36). The van der Waals surface area contributed by atoms with E-state index in [0.717, 1.165) is 93.2 Å². The molecule has 12 heteroatoms. The fraction of sp³-hybridized carbons (Fsp3) is 0.455. The first-order valence-corrected chi connectivity index (χ1v) is 17.7. The van der Waals surface area contributed by atoms with Crippen LogP contribution in [0.3, 0.4) is 0 Å². The lowest BCUT2D eigenvalue weighted by atomic mass is 10.0. The molecular weight excluding hydrogens is 590 g/mol. The number of hydrogen-bond acceptors (Lipinski definition) is 9. The lowest BCUT2D eigenvalue weighted by Gasteiger charge is -2.40. The van der Waals surface area contributed by atoms with Gasteiger partial charge in [-0.1, -0.05) is 18.2 Å². The van der Waals surface area contributed by atoms with Crippen LogP contribution in [0.5, 0.6) is 5.75 Å². The van der Waals surface area contributed by atoms with Gasteiger partial charge in [-0.05, 0) is 61.9 Å². The molecule has 2 aliphatic heterocycles. The van der Waals surface area contributed by atoms with Gasteiger partial charge in [-0.25, -0.2) is 17.9 Å². The van der Waals surface area contributed by atoms with Gasteiger partial charge in [-0.15, -0.1) is 5.10 Å². The highest BCUT2D eigenvalue weighted by atomic mass is 32.2. The number of piperidine rings is 1. The van der Waals surface area contributed by atoms with Crippen molar-refractivity contribution >= 4 is 38.6 Å². The average Bonchev–Trinajstić information content (AvgIpc) is 3.80. The van der Waals surface area contributed by atoms with E-state index in [9.17, 15) is 8.42 Å². The Morgan fingerprint density at radius 1 is 1.00 bits per heavy atom. The van der Waals surface area contributed by atoms with Crippen molar-refractivity contribution in [3.63, 3.8) is 0 Å². The molecule has 2 aromatic carbocycles. The third kappa shape index (κ3) is 6.45. The Kier molecular flexibility index (Phi) is 8.28. The van der Waals surface area contributed by atoms with Crippen LogP contribution < -0.4 is 19.3 Å². The van der Waals surface area contributed by atoms with Crippen molar-refractivity contribution in [2.45, 2.75) is 31.7 Å². The number of morpholine rings is 1. The predicted molar refractivity (Wildman–Crippen MR) is 177 cm³/mol. The number of aromatic nitrogens is 3. The van der Waals surface area contributed by atoms with Crippen LogP contribution in [-0.4, -0.2) is 93.3 Å². The van der Waals surface area contributed by atoms with Crippen molar-refractivity contribution in [3.05, 3.63) is 60.8 Å². The van der Waals surface area contributed by atoms with E-state index < -0.39 is 10.0 Å². The average molecular weight is 632 g/mol. The number of benzene rings is 2. The molecular formula is C33H41N7O4S. The summed E-state index contributed by atoms with van der Waals surface area (Å²) in [5.41, 5.74) is 4.96. The lowest BCUT2D eigenvalue weighted by Crippen LogP contribution is -2.49. The molecule has 7 rings (SSSR count). The topological polar surface area (TPSA) is 105 Å². The molecule has 1 saturated carbocycles. The molecule has 0 amide bonds. The molecule has 0 unspecified atom stereocenters. The van der Waals surface area contributed by atoms with Crippen LogP contribution in [-0.2, 0) is 14.8 Å². The van der Waals surface area contributed by atoms with Gasteiger partial charge in [0.15, 0.2) is 0 Å². The van der Waals surface area contributed by atoms with Crippen molar-refractivity contribution in [1.29, 1.82) is 0 Å². The third-order valence-corrected chi connectivity index (χ3v) is 10.3. The van der Waals surface area contributed by atoms with E-state index in [-0.39, 0.29) is 0 Å². The largest absolute Gasteiger partial charge is 0.494 e. The fourth-order valence-corrected chi connectivity index (χ4v) is 7.55. The number of hydrogen-bond donors (Lipinski definition) is 1. The van der Waals surface area contributed by atoms with Gasteiger partial charge in [0.25, 0.3) is 0 Å². The van der Waals surface area contributed by atoms with Crippen molar-refractivity contribution in [2.24, 2.45) is 5.92 Å². The van der Waals surface area contributed by atoms with E-state index >= 15 is 0 Å². The summed E-state index contributed by atoms with van der Waals surface area (Å²) >= 11 is 0. The molecule has 238 valence electrons. The van der Waals surface area contributed by atoms with Crippen LogP contribution in [0.2, 0.25) is 0 Å². The second-order valence-electron chi connectivity index (χ2n) is 12.3. The molecule has 0 bridgehead atoms. The van der Waals surface area contributed by atoms with Crippen LogP contribution >= 0.6 is 0 Å². The van der Waals surface area contributed by atoms with Crippen LogP contribution in [0.25, 0.3) is 16.8 Å². The van der Waals surface area contributed by atoms with Crippen molar-refractivity contribution in [2.75, 3.05) is 73.8 Å². The first-order valence-electron chi connectivity index (χ1n) is 15.8. The maximum absolute atomic E-state index is 12.9. The van der Waals surface area contributed by atoms with Crippen LogP contribution in [0.15, 0.2) is 60.8 Å². The predicted octanol–water partition coefficient (Wildman–Crippen LogP) is 4.63. The van der Waals surface area contributed by atoms with Crippen molar-refractivity contribution in [1.82, 2.24) is 19.5 Å². The molecule has 2 saturated heterocycles. The highest BCUT2D eigenvalue weighted by Gasteiger charge is 2.31. The van der Waals surface area contributed by atoms with Crippen molar-refractivity contribution < 1.29 is 17.9 Å². The summed E-state index contributed by atoms with van der Waals surface area (Å²) in [5.74, 6) is 1.53. The quantitative estimate of drug-likeness (QED) is 0.268. The molecule has 3 aliphatic rings. The number of rotatable bonds is 10. The molecule has 1 aliphatic carbocycles. The van der Waals surface area contributed by atoms with E-state index in [1.807, 2.05) is 47.0 Å². The first kappa shape index (κ1) is 29.8. The van der Waals surface area contributed by atoms with Crippen molar-refractivity contribution in [3.8, 4) is 17.0 Å². The Morgan fingerprint density at radius 2 is 1.78 bits per heavy atom. The molecule has 4 heterocycles. The normalized spacial score (nSPS) is 18.3. The molecule has 11 nitrogen and oxygen atoms in total. The fourth-order valence-electron chi connectivity index (χ4n) is 6.55. The Balaban J connectivity index is 1.12. The molecule has 2 aromatic heterocycles. The van der Waals surface area contributed by atoms with Gasteiger partial charge < -0.3 is 19.7 Å². The van der Waals surface area contributed by atoms with E-state index in [1.165, 1.54) is 10.6 Å². The van der Waals surface area contributed by atoms with Gasteiger partial charge in [0.05, 0.1) is 55.4 Å². The summed E-state index contributed by atoms with van der Waals surface area (Å²) in [5, 5.41) is 8.18. The summed E-state index contributed by atoms with van der Waals surface area (Å²) in [6.45, 7) is 6.24. The minimum atomic E-state index is -3.46. The Hall–Kier alpha value is -3.87. The zero-order valence-corrected chi connectivity index (χ0v) is 26.7. The van der Waals surface area contributed by atoms with Gasteiger partial charge in [0.1, 0.15) is 5.75 Å². The van der Waals surface area contributed by atoms with E-state index in [2.05, 4.69) is 32.2 Å². The maximum Gasteiger partial charge on any atom is 0.245 e. The van der Waals surface area contributed by atoms with E-state index in [4.69, 9.17) is 14.6 Å². The number of nitrogens with zero attached hydrogens (tertiary/aromatic N) is 6. The number of ether oxygens (including phenoxy) is 2. The second-order valence-corrected chi connectivity index (χ2v) is 14.2. The molecule has 45 heavy (non-hydrogen) atoms. The number of anilines is 4. The first-order chi connectivity index (χ1) is 21.9. The molecule has 0 radical (unpaired) electrons. The molecule has 0 spiro atoms. The highest BCUT2D eigenvalue weighted by Crippen LogP contribution is 2.38. The Labute approximate surface area is 264 Å². The number of fused-ring (bicyclic) bond motifs is 1. The maximum atomic E-state index is 12.9. The summed E-state index contributed by atoms with van der Waals surface area (Å²) in [4.78, 5) is 9.57. The monoisotopic (exact) mass is 631 g/mol. The zero-order valence-electron chi connectivity index (χ0n) is 25.9. The summed E-state index contributed by atoms with van der Waals surface area (Å²) in [6.07, 6.45) is 7.44. The number of methoxy groups -OCH3 is 1. The minimum Gasteiger partial charge on any atom is -0.494 e. The molecule has 0 atom stereocenters. The number of nitrogens with one attached hydrogen (secondary N) is 1. The summed E-state index contributed by atoms with van der Waals surface area (Å²) in [6, 6.07) is 18.4. The Morgan fingerprint density at radius 3 is 2.51 bits per heavy atom. The van der Waals surface area contributed by atoms with Crippen LogP contribution in [0.1, 0.15) is 25.7 Å². The van der Waals surface area contributed by atoms with Gasteiger partial charge in [0.2, 0.25) is 16.0 Å². The minimum absolute atomic E-state index is 0.401. The second kappa shape index (κ2) is 12.5. The zero-order chi connectivity index (χ0) is 31.0. The number of sulfonamides is 1. The SMILES string of the molecule is COc1cc(N2CCC(N3CCOCC3)CC2)ccc1Nc1ncc2ccc(-c3ccccc3N(CC3CC3)S(C)(=O)=O)n2n1. The van der Waals surface area contributed by atoms with Gasteiger partial charge in [-0.3, -0.25) is 9.21 Å². The third-order valence-electron chi connectivity index (χ3n) is 9.19. The Bertz CT molecular complexity index is 1760. The number of para-hydroxylation sites is 1. The molecule has 3 fully saturated rings. The van der Waals surface area contributed by atoms with Crippen LogP contribution in [0, 0.1) is 5.92 Å². The smallest absolute Gasteiger partial charge is 0.245 e. The molecule has 4 aromatic rings.